The maximum Gasteiger partial charge on any atom is 0.0790 e. The summed E-state index contributed by atoms with van der Waals surface area (Å²) in [6.45, 7) is 4.79. The Labute approximate surface area is 96.0 Å². The largest absolute Gasteiger partial charge is 0.306 e. The fraction of sp³-hybridized carbons (Fsp3) is 0.818. The van der Waals surface area contributed by atoms with E-state index in [9.17, 15) is 0 Å². The molecule has 1 aromatic rings. The molecular weight excluding hydrogens is 202 g/mol. The zero-order chi connectivity index (χ0) is 11.0. The minimum absolute atomic E-state index is 0.558. The van der Waals surface area contributed by atoms with Gasteiger partial charge in [-0.05, 0) is 33.0 Å². The molecular formula is C11H19N5. The highest BCUT2D eigenvalue weighted by Gasteiger charge is 2.34. The summed E-state index contributed by atoms with van der Waals surface area (Å²) in [7, 11) is 2.21. The number of hydrogen-bond donors (Lipinski definition) is 0. The van der Waals surface area contributed by atoms with Gasteiger partial charge >= 0.3 is 0 Å². The van der Waals surface area contributed by atoms with Gasteiger partial charge in [0.05, 0.1) is 12.2 Å². The molecule has 0 N–H and O–H groups in total. The first-order valence-corrected chi connectivity index (χ1v) is 6.11. The van der Waals surface area contributed by atoms with Crippen LogP contribution in [0.1, 0.15) is 18.9 Å². The van der Waals surface area contributed by atoms with E-state index in [1.807, 2.05) is 10.9 Å². The van der Waals surface area contributed by atoms with Gasteiger partial charge in [-0.25, -0.2) is 4.68 Å². The third kappa shape index (κ3) is 1.85. The highest BCUT2D eigenvalue weighted by Crippen LogP contribution is 2.26. The van der Waals surface area contributed by atoms with Gasteiger partial charge in [0, 0.05) is 25.3 Å². The monoisotopic (exact) mass is 221 g/mol. The van der Waals surface area contributed by atoms with Crippen molar-refractivity contribution in [3.05, 3.63) is 12.4 Å². The molecule has 3 heterocycles. The number of aromatic nitrogens is 3. The average Bonchev–Trinajstić information content (AvgIpc) is 2.72. The summed E-state index contributed by atoms with van der Waals surface area (Å²) in [5.74, 6) is 0. The van der Waals surface area contributed by atoms with E-state index in [0.29, 0.717) is 6.04 Å². The Morgan fingerprint density at radius 1 is 1.12 bits per heavy atom. The van der Waals surface area contributed by atoms with Gasteiger partial charge < -0.3 is 4.90 Å². The molecule has 0 aromatic carbocycles. The van der Waals surface area contributed by atoms with Crippen LogP contribution in [-0.4, -0.2) is 64.1 Å². The lowest BCUT2D eigenvalue weighted by Gasteiger charge is -2.46. The van der Waals surface area contributed by atoms with Gasteiger partial charge in [0.15, 0.2) is 0 Å². The van der Waals surface area contributed by atoms with Crippen LogP contribution in [0.2, 0.25) is 0 Å². The van der Waals surface area contributed by atoms with E-state index in [-0.39, 0.29) is 0 Å². The highest BCUT2D eigenvalue weighted by atomic mass is 15.5. The molecule has 3 rings (SSSR count). The molecule has 0 amide bonds. The van der Waals surface area contributed by atoms with Crippen LogP contribution in [0.5, 0.6) is 0 Å². The molecule has 0 unspecified atom stereocenters. The topological polar surface area (TPSA) is 37.2 Å². The molecule has 2 saturated heterocycles. The lowest BCUT2D eigenvalue weighted by Crippen LogP contribution is -2.55. The molecule has 88 valence electrons. The quantitative estimate of drug-likeness (QED) is 0.716. The average molecular weight is 221 g/mol. The lowest BCUT2D eigenvalue weighted by molar-refractivity contribution is 0.0237. The van der Waals surface area contributed by atoms with E-state index in [1.165, 1.54) is 25.9 Å². The molecule has 5 heteroatoms. The first-order chi connectivity index (χ1) is 7.83. The summed E-state index contributed by atoms with van der Waals surface area (Å²) in [5, 5.41) is 7.92. The van der Waals surface area contributed by atoms with E-state index in [0.717, 1.165) is 19.1 Å². The number of likely N-dealkylation sites (tertiary alicyclic amines) is 2. The number of piperidine rings is 1. The van der Waals surface area contributed by atoms with Crippen LogP contribution < -0.4 is 0 Å². The van der Waals surface area contributed by atoms with E-state index in [4.69, 9.17) is 0 Å². The minimum atomic E-state index is 0.558. The van der Waals surface area contributed by atoms with Gasteiger partial charge in [0.25, 0.3) is 0 Å². The van der Waals surface area contributed by atoms with Crippen LogP contribution in [0.15, 0.2) is 12.4 Å². The van der Waals surface area contributed by atoms with Crippen LogP contribution in [0.3, 0.4) is 0 Å². The third-order valence-electron chi connectivity index (χ3n) is 3.91. The number of nitrogens with zero attached hydrogens (tertiary/aromatic N) is 5. The van der Waals surface area contributed by atoms with Gasteiger partial charge in [0.1, 0.15) is 0 Å². The van der Waals surface area contributed by atoms with Crippen molar-refractivity contribution in [3.63, 3.8) is 0 Å². The third-order valence-corrected chi connectivity index (χ3v) is 3.91. The summed E-state index contributed by atoms with van der Waals surface area (Å²) in [6.07, 6.45) is 6.37. The first-order valence-electron chi connectivity index (χ1n) is 6.11. The smallest absolute Gasteiger partial charge is 0.0790 e. The molecule has 5 nitrogen and oxygen atoms in total. The molecule has 2 fully saturated rings. The second kappa shape index (κ2) is 4.14. The van der Waals surface area contributed by atoms with Crippen molar-refractivity contribution in [1.29, 1.82) is 0 Å². The summed E-state index contributed by atoms with van der Waals surface area (Å²) < 4.78 is 1.99. The Hall–Kier alpha value is -0.940. The molecule has 0 saturated carbocycles. The van der Waals surface area contributed by atoms with Gasteiger partial charge in [-0.15, -0.1) is 5.10 Å². The van der Waals surface area contributed by atoms with Crippen LogP contribution in [-0.2, 0) is 0 Å². The van der Waals surface area contributed by atoms with Crippen molar-refractivity contribution < 1.29 is 0 Å². The molecule has 0 radical (unpaired) electrons. The van der Waals surface area contributed by atoms with Crippen molar-refractivity contribution in [2.75, 3.05) is 33.2 Å². The molecule has 16 heavy (non-hydrogen) atoms. The van der Waals surface area contributed by atoms with Crippen molar-refractivity contribution in [2.45, 2.75) is 24.9 Å². The van der Waals surface area contributed by atoms with Crippen LogP contribution in [0, 0.1) is 0 Å². The predicted octanol–water partition coefficient (Wildman–Crippen LogP) is 0.229. The molecule has 0 atom stereocenters. The maximum absolute atomic E-state index is 4.06. The Bertz CT molecular complexity index is 322. The predicted molar refractivity (Wildman–Crippen MR) is 61.2 cm³/mol. The van der Waals surface area contributed by atoms with E-state index < -0.39 is 0 Å². The normalized spacial score (nSPS) is 25.8. The Kier molecular flexibility index (Phi) is 2.65. The molecule has 0 aliphatic carbocycles. The molecule has 0 bridgehead atoms. The van der Waals surface area contributed by atoms with Gasteiger partial charge in [0.2, 0.25) is 0 Å². The second-order valence-electron chi connectivity index (χ2n) is 5.03. The van der Waals surface area contributed by atoms with Crippen LogP contribution in [0.25, 0.3) is 0 Å². The van der Waals surface area contributed by atoms with E-state index >= 15 is 0 Å². The Morgan fingerprint density at radius 3 is 2.50 bits per heavy atom. The van der Waals surface area contributed by atoms with Gasteiger partial charge in [-0.1, -0.05) is 5.21 Å². The van der Waals surface area contributed by atoms with Crippen molar-refractivity contribution in [1.82, 2.24) is 24.8 Å². The van der Waals surface area contributed by atoms with E-state index in [1.54, 1.807) is 6.20 Å². The maximum atomic E-state index is 4.06. The van der Waals surface area contributed by atoms with Crippen LogP contribution in [0.4, 0.5) is 0 Å². The fourth-order valence-electron chi connectivity index (χ4n) is 2.73. The zero-order valence-corrected chi connectivity index (χ0v) is 9.79. The summed E-state index contributed by atoms with van der Waals surface area (Å²) >= 11 is 0. The summed E-state index contributed by atoms with van der Waals surface area (Å²) in [4.78, 5) is 5.02. The molecule has 2 aliphatic heterocycles. The summed E-state index contributed by atoms with van der Waals surface area (Å²) in [6, 6.07) is 1.36. The number of hydrogen-bond acceptors (Lipinski definition) is 4. The first kappa shape index (κ1) is 10.2. The standard InChI is InChI=1S/C11H19N5/c1-14-5-2-10(3-6-14)15-8-11(9-15)16-7-4-12-13-16/h4,7,10-11H,2-3,5-6,8-9H2,1H3. The van der Waals surface area contributed by atoms with Crippen molar-refractivity contribution in [3.8, 4) is 0 Å². The fourth-order valence-corrected chi connectivity index (χ4v) is 2.73. The van der Waals surface area contributed by atoms with Crippen LogP contribution >= 0.6 is 0 Å². The van der Waals surface area contributed by atoms with Crippen molar-refractivity contribution in [2.24, 2.45) is 0 Å². The molecule has 2 aliphatic rings. The summed E-state index contributed by atoms with van der Waals surface area (Å²) in [5.41, 5.74) is 0. The molecule has 1 aromatic heterocycles. The molecule has 0 spiro atoms. The van der Waals surface area contributed by atoms with Gasteiger partial charge in [-0.3, -0.25) is 4.90 Å². The SMILES string of the molecule is CN1CCC(N2CC(n3ccnn3)C2)CC1. The Morgan fingerprint density at radius 2 is 1.88 bits per heavy atom. The Balaban J connectivity index is 1.50. The van der Waals surface area contributed by atoms with Gasteiger partial charge in [-0.2, -0.15) is 0 Å². The zero-order valence-electron chi connectivity index (χ0n) is 9.79. The highest BCUT2D eigenvalue weighted by molar-refractivity contribution is 4.91. The van der Waals surface area contributed by atoms with E-state index in [2.05, 4.69) is 27.2 Å². The van der Waals surface area contributed by atoms with Crippen molar-refractivity contribution >= 4 is 0 Å². The minimum Gasteiger partial charge on any atom is -0.306 e. The lowest BCUT2D eigenvalue weighted by atomic mass is 9.98. The number of rotatable bonds is 2. The second-order valence-corrected chi connectivity index (χ2v) is 5.03.